The molecule has 2 aliphatic rings. The molecular weight excluding hydrogens is 538 g/mol. The fraction of sp³-hybridized carbons (Fsp3) is 0.370. The van der Waals surface area contributed by atoms with Crippen LogP contribution in [0, 0.1) is 27.7 Å². The van der Waals surface area contributed by atoms with Crippen LogP contribution in [0.3, 0.4) is 0 Å². The molecule has 0 fully saturated rings. The van der Waals surface area contributed by atoms with Crippen LogP contribution in [0.25, 0.3) is 12.2 Å². The van der Waals surface area contributed by atoms with Crippen LogP contribution < -0.4 is 9.47 Å². The Kier molecular flexibility index (Phi) is 8.45. The maximum atomic E-state index is 13.2. The normalized spacial score (nSPS) is 18.2. The molecule has 0 aromatic heterocycles. The molecule has 4 rings (SSSR count). The fourth-order valence-electron chi connectivity index (χ4n) is 3.82. The molecule has 0 radical (unpaired) electrons. The van der Waals surface area contributed by atoms with Crippen molar-refractivity contribution in [2.24, 2.45) is 0 Å². The molecule has 0 bridgehead atoms. The Morgan fingerprint density at radius 1 is 0.921 bits per heavy atom. The van der Waals surface area contributed by atoms with Gasteiger partial charge in [-0.3, -0.25) is 0 Å². The van der Waals surface area contributed by atoms with Crippen LogP contribution >= 0.6 is 11.6 Å². The van der Waals surface area contributed by atoms with E-state index in [0.29, 0.717) is 33.0 Å². The molecule has 0 saturated carbocycles. The lowest BCUT2D eigenvalue weighted by molar-refractivity contribution is -0.188. The number of hydrogen-bond acceptors (Lipinski definition) is 4. The number of halogens is 7. The maximum absolute atomic E-state index is 13.2. The van der Waals surface area contributed by atoms with Crippen LogP contribution in [0.1, 0.15) is 40.3 Å². The van der Waals surface area contributed by atoms with Gasteiger partial charge in [0.15, 0.2) is 0 Å². The summed E-state index contributed by atoms with van der Waals surface area (Å²) < 4.78 is 91.8. The highest BCUT2D eigenvalue weighted by molar-refractivity contribution is 6.31. The second-order valence-corrected chi connectivity index (χ2v) is 9.16. The number of fused-ring (bicyclic) bond motifs is 2. The Morgan fingerprint density at radius 3 is 2.13 bits per heavy atom. The van der Waals surface area contributed by atoms with Gasteiger partial charge in [-0.2, -0.15) is 26.3 Å². The first-order valence-corrected chi connectivity index (χ1v) is 11.9. The summed E-state index contributed by atoms with van der Waals surface area (Å²) in [6.07, 6.45) is -9.63. The Hall–Kier alpha value is -3.14. The van der Waals surface area contributed by atoms with E-state index >= 15 is 0 Å². The highest BCUT2D eigenvalue weighted by Gasteiger charge is 2.49. The van der Waals surface area contributed by atoms with Gasteiger partial charge >= 0.3 is 18.3 Å². The summed E-state index contributed by atoms with van der Waals surface area (Å²) in [4.78, 5) is 11.8. The molecule has 206 valence electrons. The van der Waals surface area contributed by atoms with Crippen molar-refractivity contribution in [1.29, 1.82) is 0 Å². The Morgan fingerprint density at radius 2 is 1.55 bits per heavy atom. The van der Waals surface area contributed by atoms with Crippen LogP contribution in [0.2, 0.25) is 5.02 Å². The van der Waals surface area contributed by atoms with Gasteiger partial charge in [-0.05, 0) is 75.1 Å². The average molecular weight is 563 g/mol. The van der Waals surface area contributed by atoms with E-state index in [1.807, 2.05) is 13.0 Å². The van der Waals surface area contributed by atoms with Gasteiger partial charge in [0, 0.05) is 16.1 Å². The van der Waals surface area contributed by atoms with E-state index in [9.17, 15) is 31.1 Å². The number of aryl methyl sites for hydroxylation is 1. The quantitative estimate of drug-likeness (QED) is 0.276. The fourth-order valence-corrected chi connectivity index (χ4v) is 4.08. The van der Waals surface area contributed by atoms with Gasteiger partial charge in [0.25, 0.3) is 0 Å². The van der Waals surface area contributed by atoms with Crippen molar-refractivity contribution in [1.82, 2.24) is 0 Å². The first-order chi connectivity index (χ1) is 17.6. The van der Waals surface area contributed by atoms with Crippen LogP contribution in [-0.4, -0.2) is 37.1 Å². The van der Waals surface area contributed by atoms with Crippen molar-refractivity contribution in [3.05, 3.63) is 68.3 Å². The number of esters is 1. The zero-order valence-corrected chi connectivity index (χ0v) is 21.9. The molecular formula is C27H25ClF6O4. The minimum Gasteiger partial charge on any atom is -0.476 e. The third-order valence-electron chi connectivity index (χ3n) is 6.17. The lowest BCUT2D eigenvalue weighted by Crippen LogP contribution is -2.41. The van der Waals surface area contributed by atoms with Crippen molar-refractivity contribution in [3.8, 4) is 11.5 Å². The van der Waals surface area contributed by atoms with Crippen LogP contribution in [0.5, 0.6) is 11.5 Å². The number of carbonyl (C=O) groups excluding carboxylic acids is 1. The molecule has 2 aromatic carbocycles. The van der Waals surface area contributed by atoms with Gasteiger partial charge in [-0.1, -0.05) is 29.8 Å². The molecule has 0 saturated heterocycles. The summed E-state index contributed by atoms with van der Waals surface area (Å²) in [6, 6.07) is 5.11. The second kappa shape index (κ2) is 10.9. The van der Waals surface area contributed by atoms with Crippen molar-refractivity contribution < 1.29 is 45.3 Å². The van der Waals surface area contributed by atoms with Crippen molar-refractivity contribution >= 4 is 29.7 Å². The van der Waals surface area contributed by atoms with E-state index in [1.165, 1.54) is 19.1 Å². The molecule has 2 aliphatic heterocycles. The summed E-state index contributed by atoms with van der Waals surface area (Å²) in [7, 11) is 0. The minimum atomic E-state index is -4.73. The predicted molar refractivity (Wildman–Crippen MR) is 131 cm³/mol. The summed E-state index contributed by atoms with van der Waals surface area (Å²) >= 11 is 6.04. The number of carbonyl (C=O) groups is 1. The van der Waals surface area contributed by atoms with Gasteiger partial charge in [-0.15, -0.1) is 0 Å². The predicted octanol–water partition coefficient (Wildman–Crippen LogP) is 7.87. The van der Waals surface area contributed by atoms with E-state index in [1.54, 1.807) is 26.8 Å². The molecule has 2 unspecified atom stereocenters. The number of rotatable bonds is 2. The smallest absolute Gasteiger partial charge is 0.430 e. The number of ether oxygens (including phenoxy) is 3. The van der Waals surface area contributed by atoms with Crippen LogP contribution in [-0.2, 0) is 9.53 Å². The summed E-state index contributed by atoms with van der Waals surface area (Å²) in [6.45, 7) is 8.41. The van der Waals surface area contributed by atoms with Gasteiger partial charge < -0.3 is 14.2 Å². The van der Waals surface area contributed by atoms with Gasteiger partial charge in [0.1, 0.15) is 11.5 Å². The first-order valence-electron chi connectivity index (χ1n) is 11.5. The Balaban J connectivity index is 0.000000221. The summed E-state index contributed by atoms with van der Waals surface area (Å²) in [5.41, 5.74) is 3.28. The third-order valence-corrected chi connectivity index (χ3v) is 6.56. The highest BCUT2D eigenvalue weighted by Crippen LogP contribution is 2.42. The molecule has 2 aromatic rings. The molecule has 4 nitrogen and oxygen atoms in total. The lowest BCUT2D eigenvalue weighted by Gasteiger charge is -2.29. The molecule has 0 amide bonds. The lowest BCUT2D eigenvalue weighted by atomic mass is 9.97. The van der Waals surface area contributed by atoms with Crippen LogP contribution in [0.15, 0.2) is 29.8 Å². The van der Waals surface area contributed by atoms with Gasteiger partial charge in [-0.25, -0.2) is 4.79 Å². The van der Waals surface area contributed by atoms with E-state index in [2.05, 4.69) is 4.74 Å². The van der Waals surface area contributed by atoms with E-state index in [-0.39, 0.29) is 12.4 Å². The van der Waals surface area contributed by atoms with Crippen molar-refractivity contribution in [2.75, 3.05) is 6.61 Å². The van der Waals surface area contributed by atoms with Crippen molar-refractivity contribution in [3.63, 3.8) is 0 Å². The minimum absolute atomic E-state index is 0.0265. The SMILES string of the molecule is CCOC(=O)C1=Cc2cc(Cl)c(C)c(C)c2OC1C(F)(F)F.Cc1ccc2c(c1C)OC(C(F)(F)F)C=C2. The maximum Gasteiger partial charge on any atom is 0.430 e. The standard InChI is InChI=1S/C15H14ClF3O3.C12H11F3O/c1-4-21-14(20)10-5-9-6-11(16)7(2)8(3)12(9)22-13(10)15(17,18)19;1-7-3-4-9-5-6-10(12(13,14)15)16-11(9)8(7)2/h5-6,13H,4H2,1-3H3;3-6,10H,1-2H3. The second-order valence-electron chi connectivity index (χ2n) is 8.75. The van der Waals surface area contributed by atoms with E-state index in [0.717, 1.165) is 23.3 Å². The van der Waals surface area contributed by atoms with Gasteiger partial charge in [0.05, 0.1) is 12.2 Å². The Labute approximate surface area is 220 Å². The highest BCUT2D eigenvalue weighted by atomic mass is 35.5. The number of hydrogen-bond donors (Lipinski definition) is 0. The number of benzene rings is 2. The topological polar surface area (TPSA) is 44.8 Å². The molecule has 38 heavy (non-hydrogen) atoms. The average Bonchev–Trinajstić information content (AvgIpc) is 2.83. The van der Waals surface area contributed by atoms with E-state index in [4.69, 9.17) is 21.1 Å². The van der Waals surface area contributed by atoms with Crippen molar-refractivity contribution in [2.45, 2.75) is 59.2 Å². The van der Waals surface area contributed by atoms with Gasteiger partial charge in [0.2, 0.25) is 12.2 Å². The Bertz CT molecular complexity index is 1290. The zero-order valence-electron chi connectivity index (χ0n) is 21.1. The largest absolute Gasteiger partial charge is 0.476 e. The molecule has 0 aliphatic carbocycles. The van der Waals surface area contributed by atoms with E-state index < -0.39 is 36.1 Å². The third kappa shape index (κ3) is 6.11. The molecule has 0 spiro atoms. The molecule has 2 atom stereocenters. The van der Waals surface area contributed by atoms with Crippen LogP contribution in [0.4, 0.5) is 26.3 Å². The zero-order chi connectivity index (χ0) is 28.6. The monoisotopic (exact) mass is 562 g/mol. The first kappa shape index (κ1) is 29.4. The summed E-state index contributed by atoms with van der Waals surface area (Å²) in [5, 5.41) is 0.393. The summed E-state index contributed by atoms with van der Waals surface area (Å²) in [5.74, 6) is -0.632. The molecule has 11 heteroatoms. The molecule has 2 heterocycles. The molecule has 0 N–H and O–H groups in total. The number of alkyl halides is 6.